The van der Waals surface area contributed by atoms with E-state index in [0.717, 1.165) is 0 Å². The summed E-state index contributed by atoms with van der Waals surface area (Å²) in [6.45, 7) is 0. The zero-order valence-corrected chi connectivity index (χ0v) is 13.7. The van der Waals surface area contributed by atoms with E-state index in [2.05, 4.69) is 0 Å². The Morgan fingerprint density at radius 3 is 0.500 bits per heavy atom. The summed E-state index contributed by atoms with van der Waals surface area (Å²) in [6.07, 6.45) is -14.4. The monoisotopic (exact) mass is 438 g/mol. The van der Waals surface area contributed by atoms with Crippen molar-refractivity contribution in [3.8, 4) is 0 Å². The van der Waals surface area contributed by atoms with E-state index in [1.54, 1.807) is 0 Å². The van der Waals surface area contributed by atoms with Crippen LogP contribution in [0.2, 0.25) is 0 Å². The molecule has 24 heteroatoms. The summed E-state index contributed by atoms with van der Waals surface area (Å²) in [5.74, 6) is 0. The maximum Gasteiger partial charge on any atom is 0.272 e. The van der Waals surface area contributed by atoms with Crippen molar-refractivity contribution in [2.75, 3.05) is 0 Å². The van der Waals surface area contributed by atoms with Crippen LogP contribution in [0, 0.1) is 60.7 Å². The van der Waals surface area contributed by atoms with E-state index in [0.29, 0.717) is 0 Å². The number of hydrazine groups is 6. The number of rotatable bonds is 6. The Labute approximate surface area is 159 Å². The van der Waals surface area contributed by atoms with Crippen molar-refractivity contribution in [2.24, 2.45) is 0 Å². The van der Waals surface area contributed by atoms with Crippen molar-refractivity contribution in [2.45, 2.75) is 37.0 Å². The molecule has 6 bridgehead atoms. The number of hydrogen-bond acceptors (Lipinski definition) is 12. The molecule has 0 aliphatic carbocycles. The zero-order chi connectivity index (χ0) is 22.4. The molecule has 0 unspecified atom stereocenters. The van der Waals surface area contributed by atoms with E-state index in [9.17, 15) is 60.7 Å². The summed E-state index contributed by atoms with van der Waals surface area (Å²) in [5.41, 5.74) is 0. The Morgan fingerprint density at radius 2 is 0.433 bits per heavy atom. The molecular formula is C6H6N12O12. The van der Waals surface area contributed by atoms with E-state index < -0.39 is 67.2 Å². The molecule has 0 amide bonds. The SMILES string of the molecule is O=[N+]([O-])N1C2C3N([N+](=O)[O-])C1C1N([N+](=O)[O-])C(C(N1[N+](=O)[O-])N3[N+](=O)[O-])N2[N+](=O)[O-]. The fraction of sp³-hybridized carbons (Fsp3) is 1.00. The Morgan fingerprint density at radius 1 is 0.333 bits per heavy atom. The highest BCUT2D eigenvalue weighted by Gasteiger charge is 2.89. The van der Waals surface area contributed by atoms with Crippen LogP contribution in [0.3, 0.4) is 0 Å². The first-order chi connectivity index (χ1) is 13.9. The molecule has 5 aliphatic heterocycles. The summed E-state index contributed by atoms with van der Waals surface area (Å²) in [4.78, 5) is 69.9. The molecule has 0 atom stereocenters. The van der Waals surface area contributed by atoms with Gasteiger partial charge >= 0.3 is 0 Å². The highest BCUT2D eigenvalue weighted by atomic mass is 16.7. The second kappa shape index (κ2) is 5.38. The van der Waals surface area contributed by atoms with Crippen molar-refractivity contribution in [3.05, 3.63) is 60.7 Å². The van der Waals surface area contributed by atoms with Gasteiger partial charge in [0.2, 0.25) is 0 Å². The van der Waals surface area contributed by atoms with Crippen LogP contribution in [-0.2, 0) is 0 Å². The van der Waals surface area contributed by atoms with Crippen LogP contribution >= 0.6 is 0 Å². The molecule has 5 saturated heterocycles. The van der Waals surface area contributed by atoms with E-state index in [-0.39, 0.29) is 30.1 Å². The summed E-state index contributed by atoms with van der Waals surface area (Å²) < 4.78 is 0. The van der Waals surface area contributed by atoms with Crippen LogP contribution in [0.5, 0.6) is 0 Å². The Kier molecular flexibility index (Phi) is 3.33. The van der Waals surface area contributed by atoms with Crippen LogP contribution in [0.4, 0.5) is 0 Å². The molecule has 5 rings (SSSR count). The lowest BCUT2D eigenvalue weighted by Gasteiger charge is -2.39. The van der Waals surface area contributed by atoms with Gasteiger partial charge in [0.1, 0.15) is 0 Å². The summed E-state index contributed by atoms with van der Waals surface area (Å²) >= 11 is 0. The quantitative estimate of drug-likeness (QED) is 0.281. The van der Waals surface area contributed by atoms with Crippen molar-refractivity contribution >= 4 is 0 Å². The standard InChI is InChI=1S/C6H6N12O12/c19-13(20)7-1-2-8(14(21)22)5(7)6-9(15(23)24)3(11(1)17(27)28)4(10(6)16(25)26)12(2)18(29)30/h1-6H. The second-order valence-electron chi connectivity index (χ2n) is 6.19. The van der Waals surface area contributed by atoms with Gasteiger partial charge in [-0.1, -0.05) is 30.1 Å². The van der Waals surface area contributed by atoms with Gasteiger partial charge in [0, 0.05) is 0 Å². The average molecular weight is 438 g/mol. The lowest BCUT2D eigenvalue weighted by atomic mass is 10.2. The Hall–Kier alpha value is -4.80. The Balaban J connectivity index is 2.12. The van der Waals surface area contributed by atoms with Gasteiger partial charge < -0.3 is 0 Å². The minimum atomic E-state index is -2.47. The van der Waals surface area contributed by atoms with Crippen molar-refractivity contribution in [3.63, 3.8) is 0 Å². The molecule has 0 spiro atoms. The average Bonchev–Trinajstić information content (AvgIpc) is 3.03. The van der Waals surface area contributed by atoms with Crippen LogP contribution in [0.15, 0.2) is 0 Å². The summed E-state index contributed by atoms with van der Waals surface area (Å²) in [5, 5.41) is 60.5. The van der Waals surface area contributed by atoms with Gasteiger partial charge in [0.05, 0.1) is 0 Å². The molecule has 0 saturated carbocycles. The molecular weight excluding hydrogens is 432 g/mol. The van der Waals surface area contributed by atoms with Crippen LogP contribution < -0.4 is 0 Å². The molecule has 162 valence electrons. The van der Waals surface area contributed by atoms with E-state index in [1.165, 1.54) is 0 Å². The third kappa shape index (κ3) is 1.82. The molecule has 5 heterocycles. The highest BCUT2D eigenvalue weighted by molar-refractivity contribution is 5.09. The minimum Gasteiger partial charge on any atom is -0.235 e. The van der Waals surface area contributed by atoms with Gasteiger partial charge in [-0.05, 0) is 0 Å². The molecule has 0 N–H and O–H groups in total. The van der Waals surface area contributed by atoms with Crippen molar-refractivity contribution < 1.29 is 30.2 Å². The minimum absolute atomic E-state index is 0.180. The predicted octanol–water partition coefficient (Wildman–Crippen LogP) is -4.04. The largest absolute Gasteiger partial charge is 0.272 e. The van der Waals surface area contributed by atoms with Gasteiger partial charge in [-0.3, -0.25) is 0 Å². The number of nitrogens with zero attached hydrogens (tertiary/aromatic N) is 12. The lowest BCUT2D eigenvalue weighted by Crippen LogP contribution is -2.77. The number of hydrogen-bond donors (Lipinski definition) is 0. The predicted molar refractivity (Wildman–Crippen MR) is 75.7 cm³/mol. The van der Waals surface area contributed by atoms with Crippen molar-refractivity contribution in [1.82, 2.24) is 30.1 Å². The lowest BCUT2D eigenvalue weighted by molar-refractivity contribution is -0.792. The highest BCUT2D eigenvalue weighted by Crippen LogP contribution is 2.51. The normalized spacial score (nSPS) is 33.2. The fourth-order valence-corrected chi connectivity index (χ4v) is 4.46. The first kappa shape index (κ1) is 18.6. The first-order valence-electron chi connectivity index (χ1n) is 7.49. The van der Waals surface area contributed by atoms with Gasteiger partial charge in [0.15, 0.2) is 30.2 Å². The number of piperazine rings is 1. The smallest absolute Gasteiger partial charge is 0.235 e. The molecule has 0 aromatic carbocycles. The molecule has 0 aromatic heterocycles. The molecule has 0 aromatic rings. The van der Waals surface area contributed by atoms with E-state index in [4.69, 9.17) is 0 Å². The fourth-order valence-electron chi connectivity index (χ4n) is 4.46. The van der Waals surface area contributed by atoms with E-state index in [1.807, 2.05) is 0 Å². The molecule has 0 radical (unpaired) electrons. The number of nitro groups is 6. The Bertz CT molecular complexity index is 782. The molecule has 30 heavy (non-hydrogen) atoms. The summed E-state index contributed by atoms with van der Waals surface area (Å²) in [6, 6.07) is 0. The van der Waals surface area contributed by atoms with Crippen LogP contribution in [-0.4, -0.2) is 97.2 Å². The topological polar surface area (TPSA) is 278 Å². The maximum absolute atomic E-state index is 11.7. The molecule has 24 nitrogen and oxygen atoms in total. The third-order valence-electron chi connectivity index (χ3n) is 5.18. The van der Waals surface area contributed by atoms with Gasteiger partial charge in [0.25, 0.3) is 37.0 Å². The third-order valence-corrected chi connectivity index (χ3v) is 5.18. The van der Waals surface area contributed by atoms with Gasteiger partial charge in [-0.2, -0.15) is 0 Å². The first-order valence-corrected chi connectivity index (χ1v) is 7.49. The van der Waals surface area contributed by atoms with Gasteiger partial charge in [-0.25, -0.2) is 60.7 Å². The second-order valence-corrected chi connectivity index (χ2v) is 6.19. The van der Waals surface area contributed by atoms with E-state index >= 15 is 0 Å². The zero-order valence-electron chi connectivity index (χ0n) is 13.7. The van der Waals surface area contributed by atoms with Crippen molar-refractivity contribution in [1.29, 1.82) is 0 Å². The maximum atomic E-state index is 11.7. The summed E-state index contributed by atoms with van der Waals surface area (Å²) in [7, 11) is 0. The van der Waals surface area contributed by atoms with Gasteiger partial charge in [-0.15, -0.1) is 0 Å². The van der Waals surface area contributed by atoms with Crippen LogP contribution in [0.25, 0.3) is 0 Å². The van der Waals surface area contributed by atoms with Crippen LogP contribution in [0.1, 0.15) is 0 Å². The molecule has 5 aliphatic rings. The molecule has 5 fully saturated rings.